The van der Waals surface area contributed by atoms with Gasteiger partial charge < -0.3 is 10.6 Å². The van der Waals surface area contributed by atoms with E-state index in [9.17, 15) is 4.39 Å². The number of rotatable bonds is 1. The predicted octanol–water partition coefficient (Wildman–Crippen LogP) is 0.00900. The maximum Gasteiger partial charge on any atom is 0.225 e. The van der Waals surface area contributed by atoms with E-state index in [-0.39, 0.29) is 0 Å². The number of halogens is 1. The van der Waals surface area contributed by atoms with Gasteiger partial charge in [0.15, 0.2) is 5.82 Å². The Morgan fingerprint density at radius 1 is 1.29 bits per heavy atom. The standard InChI is InChI=1S/C9H11FN4/c10-5-1-12-9(13-2-5)14-3-6-7(4-14)8(6)11/h1-2,6-8H,3-4,11H2/t6-,7-/m1/s1. The van der Waals surface area contributed by atoms with Crippen molar-refractivity contribution in [3.63, 3.8) is 0 Å². The normalized spacial score (nSPS) is 34.4. The van der Waals surface area contributed by atoms with Crippen LogP contribution in [0, 0.1) is 17.7 Å². The van der Waals surface area contributed by atoms with E-state index in [1.165, 1.54) is 12.4 Å². The number of hydrogen-bond acceptors (Lipinski definition) is 4. The van der Waals surface area contributed by atoms with Crippen LogP contribution in [0.5, 0.6) is 0 Å². The molecular formula is C9H11FN4. The summed E-state index contributed by atoms with van der Waals surface area (Å²) in [6.45, 7) is 1.83. The van der Waals surface area contributed by atoms with Gasteiger partial charge in [0.05, 0.1) is 12.4 Å². The Hall–Kier alpha value is -1.23. The molecule has 1 saturated carbocycles. The van der Waals surface area contributed by atoms with Crippen molar-refractivity contribution in [2.24, 2.45) is 17.6 Å². The van der Waals surface area contributed by atoms with Crippen molar-refractivity contribution in [3.8, 4) is 0 Å². The second-order valence-corrected chi connectivity index (χ2v) is 4.01. The van der Waals surface area contributed by atoms with Crippen LogP contribution in [0.4, 0.5) is 10.3 Å². The Kier molecular flexibility index (Phi) is 1.53. The highest BCUT2D eigenvalue weighted by atomic mass is 19.1. The quantitative estimate of drug-likeness (QED) is 0.684. The molecule has 2 atom stereocenters. The van der Waals surface area contributed by atoms with Crippen LogP contribution in [-0.2, 0) is 0 Å². The summed E-state index contributed by atoms with van der Waals surface area (Å²) in [5.41, 5.74) is 5.81. The van der Waals surface area contributed by atoms with Gasteiger partial charge in [0.2, 0.25) is 5.95 Å². The van der Waals surface area contributed by atoms with Gasteiger partial charge in [0, 0.05) is 19.1 Å². The third-order valence-electron chi connectivity index (χ3n) is 3.15. The van der Waals surface area contributed by atoms with Gasteiger partial charge in [-0.15, -0.1) is 0 Å². The first-order valence-corrected chi connectivity index (χ1v) is 4.74. The van der Waals surface area contributed by atoms with Gasteiger partial charge in [0.1, 0.15) is 0 Å². The second-order valence-electron chi connectivity index (χ2n) is 4.01. The fraction of sp³-hybridized carbons (Fsp3) is 0.556. The number of piperidine rings is 1. The molecule has 1 aromatic rings. The Bertz CT molecular complexity index is 340. The van der Waals surface area contributed by atoms with E-state index in [1.54, 1.807) is 0 Å². The van der Waals surface area contributed by atoms with E-state index in [4.69, 9.17) is 5.73 Å². The van der Waals surface area contributed by atoms with Crippen molar-refractivity contribution < 1.29 is 4.39 Å². The molecular weight excluding hydrogens is 183 g/mol. The molecule has 2 heterocycles. The van der Waals surface area contributed by atoms with Crippen LogP contribution in [0.25, 0.3) is 0 Å². The molecule has 3 rings (SSSR count). The largest absolute Gasteiger partial charge is 0.340 e. The SMILES string of the molecule is NC1[C@@H]2CN(c3ncc(F)cn3)C[C@@H]12. The van der Waals surface area contributed by atoms with Gasteiger partial charge in [-0.05, 0) is 11.8 Å². The minimum absolute atomic E-state index is 0.367. The molecule has 1 saturated heterocycles. The molecule has 0 amide bonds. The van der Waals surface area contributed by atoms with Crippen LogP contribution in [0.1, 0.15) is 0 Å². The summed E-state index contributed by atoms with van der Waals surface area (Å²) < 4.78 is 12.6. The highest BCUT2D eigenvalue weighted by molar-refractivity contribution is 5.35. The summed E-state index contributed by atoms with van der Waals surface area (Å²) in [5, 5.41) is 0. The van der Waals surface area contributed by atoms with Crippen LogP contribution in [-0.4, -0.2) is 29.1 Å². The second kappa shape index (κ2) is 2.63. The number of nitrogens with two attached hydrogens (primary N) is 1. The van der Waals surface area contributed by atoms with E-state index in [1.807, 2.05) is 0 Å². The number of nitrogens with zero attached hydrogens (tertiary/aromatic N) is 3. The molecule has 14 heavy (non-hydrogen) atoms. The zero-order valence-electron chi connectivity index (χ0n) is 7.60. The van der Waals surface area contributed by atoms with Crippen LogP contribution >= 0.6 is 0 Å². The number of aromatic nitrogens is 2. The van der Waals surface area contributed by atoms with E-state index < -0.39 is 5.82 Å². The number of fused-ring (bicyclic) bond motifs is 1. The van der Waals surface area contributed by atoms with Crippen LogP contribution in [0.2, 0.25) is 0 Å². The average Bonchev–Trinajstić information content (AvgIpc) is 2.66. The number of hydrogen-bond donors (Lipinski definition) is 1. The lowest BCUT2D eigenvalue weighted by molar-refractivity contribution is 0.610. The minimum Gasteiger partial charge on any atom is -0.340 e. The molecule has 0 bridgehead atoms. The van der Waals surface area contributed by atoms with Crippen molar-refractivity contribution >= 4 is 5.95 Å². The van der Waals surface area contributed by atoms with Gasteiger partial charge in [-0.25, -0.2) is 14.4 Å². The van der Waals surface area contributed by atoms with E-state index in [2.05, 4.69) is 14.9 Å². The monoisotopic (exact) mass is 194 g/mol. The van der Waals surface area contributed by atoms with Crippen molar-refractivity contribution in [1.82, 2.24) is 9.97 Å². The Balaban J connectivity index is 1.76. The summed E-state index contributed by atoms with van der Waals surface area (Å²) in [4.78, 5) is 9.95. The van der Waals surface area contributed by atoms with Crippen molar-refractivity contribution in [1.29, 1.82) is 0 Å². The average molecular weight is 194 g/mol. The van der Waals surface area contributed by atoms with E-state index >= 15 is 0 Å². The van der Waals surface area contributed by atoms with Gasteiger partial charge in [0.25, 0.3) is 0 Å². The van der Waals surface area contributed by atoms with Gasteiger partial charge in [-0.2, -0.15) is 0 Å². The Morgan fingerprint density at radius 2 is 1.86 bits per heavy atom. The molecule has 2 N–H and O–H groups in total. The molecule has 74 valence electrons. The molecule has 2 fully saturated rings. The van der Waals surface area contributed by atoms with Crippen LogP contribution in [0.15, 0.2) is 12.4 Å². The highest BCUT2D eigenvalue weighted by Gasteiger charge is 2.54. The van der Waals surface area contributed by atoms with Crippen LogP contribution < -0.4 is 10.6 Å². The fourth-order valence-corrected chi connectivity index (χ4v) is 2.20. The predicted molar refractivity (Wildman–Crippen MR) is 49.2 cm³/mol. The molecule has 0 radical (unpaired) electrons. The fourth-order valence-electron chi connectivity index (χ4n) is 2.20. The summed E-state index contributed by atoms with van der Waals surface area (Å²) in [6, 6.07) is 0.367. The van der Waals surface area contributed by atoms with Gasteiger partial charge in [-0.1, -0.05) is 0 Å². The summed E-state index contributed by atoms with van der Waals surface area (Å²) in [5.74, 6) is 1.42. The lowest BCUT2D eigenvalue weighted by atomic mass is 10.4. The molecule has 0 spiro atoms. The van der Waals surface area contributed by atoms with Crippen molar-refractivity contribution in [3.05, 3.63) is 18.2 Å². The van der Waals surface area contributed by atoms with Crippen molar-refractivity contribution in [2.75, 3.05) is 18.0 Å². The van der Waals surface area contributed by atoms with Crippen molar-refractivity contribution in [2.45, 2.75) is 6.04 Å². The molecule has 1 aliphatic carbocycles. The van der Waals surface area contributed by atoms with Gasteiger partial charge in [-0.3, -0.25) is 0 Å². The molecule has 4 nitrogen and oxygen atoms in total. The van der Waals surface area contributed by atoms with E-state index in [0.717, 1.165) is 13.1 Å². The summed E-state index contributed by atoms with van der Waals surface area (Å²) in [6.07, 6.45) is 2.40. The Morgan fingerprint density at radius 3 is 2.43 bits per heavy atom. The lowest BCUT2D eigenvalue weighted by Crippen LogP contribution is -2.29. The first-order chi connectivity index (χ1) is 6.75. The Labute approximate surface area is 80.9 Å². The minimum atomic E-state index is -0.394. The lowest BCUT2D eigenvalue weighted by Gasteiger charge is -2.18. The maximum absolute atomic E-state index is 12.6. The van der Waals surface area contributed by atoms with E-state index in [0.29, 0.717) is 23.8 Å². The highest BCUT2D eigenvalue weighted by Crippen LogP contribution is 2.44. The molecule has 0 aromatic carbocycles. The zero-order valence-corrected chi connectivity index (χ0v) is 7.60. The molecule has 1 aliphatic heterocycles. The topological polar surface area (TPSA) is 55.0 Å². The molecule has 5 heteroatoms. The van der Waals surface area contributed by atoms with Crippen LogP contribution in [0.3, 0.4) is 0 Å². The smallest absolute Gasteiger partial charge is 0.225 e. The molecule has 2 aliphatic rings. The third kappa shape index (κ3) is 1.09. The first kappa shape index (κ1) is 8.11. The number of anilines is 1. The molecule has 0 unspecified atom stereocenters. The summed E-state index contributed by atoms with van der Waals surface area (Å²) >= 11 is 0. The maximum atomic E-state index is 12.6. The summed E-state index contributed by atoms with van der Waals surface area (Å²) in [7, 11) is 0. The third-order valence-corrected chi connectivity index (χ3v) is 3.15. The molecule has 1 aromatic heterocycles. The first-order valence-electron chi connectivity index (χ1n) is 4.74. The van der Waals surface area contributed by atoms with Gasteiger partial charge >= 0.3 is 0 Å². The zero-order chi connectivity index (χ0) is 9.71.